The van der Waals surface area contributed by atoms with Gasteiger partial charge in [0.05, 0.1) is 19.9 Å². The zero-order chi connectivity index (χ0) is 16.1. The van der Waals surface area contributed by atoms with E-state index in [1.807, 2.05) is 0 Å². The number of carbonyl (C=O) groups is 1. The second kappa shape index (κ2) is 6.75. The summed E-state index contributed by atoms with van der Waals surface area (Å²) in [6.45, 7) is 0. The zero-order valence-corrected chi connectivity index (χ0v) is 11.9. The third kappa shape index (κ3) is 3.43. The SMILES string of the molecule is COc1cccc(OC)c1NC(=O)Nc1ccc(F)cc1F. The smallest absolute Gasteiger partial charge is 0.323 e. The van der Waals surface area contributed by atoms with Gasteiger partial charge in [0, 0.05) is 6.07 Å². The zero-order valence-electron chi connectivity index (χ0n) is 11.9. The normalized spacial score (nSPS) is 10.0. The predicted octanol–water partition coefficient (Wildman–Crippen LogP) is 3.63. The van der Waals surface area contributed by atoms with Crippen LogP contribution in [0, 0.1) is 11.6 Å². The first-order chi connectivity index (χ1) is 10.5. The molecule has 2 aromatic rings. The fourth-order valence-corrected chi connectivity index (χ4v) is 1.83. The number of methoxy groups -OCH3 is 2. The van der Waals surface area contributed by atoms with E-state index in [4.69, 9.17) is 9.47 Å². The van der Waals surface area contributed by atoms with Crippen LogP contribution in [-0.2, 0) is 0 Å². The molecule has 0 saturated carbocycles. The summed E-state index contributed by atoms with van der Waals surface area (Å²) < 4.78 is 36.6. The molecule has 0 heterocycles. The van der Waals surface area contributed by atoms with Crippen LogP contribution in [0.2, 0.25) is 0 Å². The van der Waals surface area contributed by atoms with Crippen LogP contribution in [0.5, 0.6) is 11.5 Å². The van der Waals surface area contributed by atoms with Crippen molar-refractivity contribution in [2.45, 2.75) is 0 Å². The van der Waals surface area contributed by atoms with Gasteiger partial charge < -0.3 is 20.1 Å². The van der Waals surface area contributed by atoms with Gasteiger partial charge in [0.2, 0.25) is 0 Å². The van der Waals surface area contributed by atoms with E-state index in [0.717, 1.165) is 12.1 Å². The van der Waals surface area contributed by atoms with E-state index in [0.29, 0.717) is 23.3 Å². The van der Waals surface area contributed by atoms with Crippen LogP contribution in [0.25, 0.3) is 0 Å². The molecular weight excluding hydrogens is 294 g/mol. The molecule has 5 nitrogen and oxygen atoms in total. The molecule has 0 unspecified atom stereocenters. The topological polar surface area (TPSA) is 59.6 Å². The molecule has 0 spiro atoms. The maximum absolute atomic E-state index is 13.5. The van der Waals surface area contributed by atoms with Crippen LogP contribution >= 0.6 is 0 Å². The Morgan fingerprint density at radius 3 is 2.18 bits per heavy atom. The minimum absolute atomic E-state index is 0.146. The molecule has 2 amide bonds. The molecule has 0 saturated heterocycles. The van der Waals surface area contributed by atoms with Gasteiger partial charge in [0.15, 0.2) is 0 Å². The van der Waals surface area contributed by atoms with Crippen molar-refractivity contribution in [1.29, 1.82) is 0 Å². The van der Waals surface area contributed by atoms with Crippen molar-refractivity contribution >= 4 is 17.4 Å². The van der Waals surface area contributed by atoms with E-state index >= 15 is 0 Å². The quantitative estimate of drug-likeness (QED) is 0.907. The maximum atomic E-state index is 13.5. The van der Waals surface area contributed by atoms with Crippen molar-refractivity contribution in [1.82, 2.24) is 0 Å². The van der Waals surface area contributed by atoms with Crippen LogP contribution in [-0.4, -0.2) is 20.3 Å². The molecule has 7 heteroatoms. The van der Waals surface area contributed by atoms with Gasteiger partial charge in [-0.2, -0.15) is 0 Å². The number of hydrogen-bond acceptors (Lipinski definition) is 3. The lowest BCUT2D eigenvalue weighted by molar-refractivity contribution is 0.261. The van der Waals surface area contributed by atoms with Gasteiger partial charge in [-0.15, -0.1) is 0 Å². The van der Waals surface area contributed by atoms with E-state index < -0.39 is 17.7 Å². The van der Waals surface area contributed by atoms with Crippen molar-refractivity contribution in [3.05, 3.63) is 48.0 Å². The third-order valence-electron chi connectivity index (χ3n) is 2.85. The van der Waals surface area contributed by atoms with Crippen LogP contribution in [0.3, 0.4) is 0 Å². The molecular formula is C15H14F2N2O3. The summed E-state index contributed by atoms with van der Waals surface area (Å²) in [5.41, 5.74) is 0.153. The number of para-hydroxylation sites is 1. The molecule has 0 fully saturated rings. The summed E-state index contributed by atoms with van der Waals surface area (Å²) in [6, 6.07) is 7.10. The molecule has 116 valence electrons. The molecule has 2 aromatic carbocycles. The Morgan fingerprint density at radius 2 is 1.64 bits per heavy atom. The fourth-order valence-electron chi connectivity index (χ4n) is 1.83. The number of benzene rings is 2. The number of nitrogens with one attached hydrogen (secondary N) is 2. The summed E-state index contributed by atoms with van der Waals surface area (Å²) in [6.07, 6.45) is 0. The Morgan fingerprint density at radius 1 is 1.00 bits per heavy atom. The Hall–Kier alpha value is -2.83. The average Bonchev–Trinajstić information content (AvgIpc) is 2.50. The standard InChI is InChI=1S/C15H14F2N2O3/c1-21-12-4-3-5-13(22-2)14(12)19-15(20)18-11-7-6-9(16)8-10(11)17/h3-8H,1-2H3,(H2,18,19,20). The van der Waals surface area contributed by atoms with Gasteiger partial charge >= 0.3 is 6.03 Å². The molecule has 0 radical (unpaired) electrons. The monoisotopic (exact) mass is 308 g/mol. The first kappa shape index (κ1) is 15.6. The highest BCUT2D eigenvalue weighted by molar-refractivity contribution is 6.01. The molecule has 0 bridgehead atoms. The van der Waals surface area contributed by atoms with E-state index in [9.17, 15) is 13.6 Å². The Labute approximate surface area is 125 Å². The van der Waals surface area contributed by atoms with Gasteiger partial charge in [-0.3, -0.25) is 0 Å². The molecule has 0 aliphatic rings. The second-order valence-corrected chi connectivity index (χ2v) is 4.24. The summed E-state index contributed by atoms with van der Waals surface area (Å²) >= 11 is 0. The largest absolute Gasteiger partial charge is 0.494 e. The highest BCUT2D eigenvalue weighted by atomic mass is 19.1. The van der Waals surface area contributed by atoms with Crippen LogP contribution in [0.4, 0.5) is 25.0 Å². The summed E-state index contributed by atoms with van der Waals surface area (Å²) in [5.74, 6) is -0.833. The number of amides is 2. The minimum Gasteiger partial charge on any atom is -0.494 e. The molecule has 0 atom stereocenters. The molecule has 0 aliphatic carbocycles. The van der Waals surface area contributed by atoms with E-state index in [2.05, 4.69) is 10.6 Å². The van der Waals surface area contributed by atoms with Crippen molar-refractivity contribution in [3.8, 4) is 11.5 Å². The highest BCUT2D eigenvalue weighted by Crippen LogP contribution is 2.34. The lowest BCUT2D eigenvalue weighted by Crippen LogP contribution is -2.21. The number of anilines is 2. The lowest BCUT2D eigenvalue weighted by Gasteiger charge is -2.14. The number of hydrogen-bond donors (Lipinski definition) is 2. The van der Waals surface area contributed by atoms with Crippen LogP contribution < -0.4 is 20.1 Å². The number of halogens is 2. The van der Waals surface area contributed by atoms with Crippen molar-refractivity contribution in [2.75, 3.05) is 24.9 Å². The van der Waals surface area contributed by atoms with Crippen molar-refractivity contribution in [2.24, 2.45) is 0 Å². The second-order valence-electron chi connectivity index (χ2n) is 4.24. The summed E-state index contributed by atoms with van der Waals surface area (Å²) in [7, 11) is 2.88. The molecule has 2 N–H and O–H groups in total. The maximum Gasteiger partial charge on any atom is 0.323 e. The minimum atomic E-state index is -0.873. The third-order valence-corrected chi connectivity index (χ3v) is 2.85. The fraction of sp³-hybridized carbons (Fsp3) is 0.133. The van der Waals surface area contributed by atoms with E-state index in [1.54, 1.807) is 18.2 Å². The van der Waals surface area contributed by atoms with Gasteiger partial charge in [-0.25, -0.2) is 13.6 Å². The van der Waals surface area contributed by atoms with Crippen LogP contribution in [0.15, 0.2) is 36.4 Å². The lowest BCUT2D eigenvalue weighted by atomic mass is 10.2. The van der Waals surface area contributed by atoms with E-state index in [1.165, 1.54) is 14.2 Å². The average molecular weight is 308 g/mol. The molecule has 0 aliphatic heterocycles. The Balaban J connectivity index is 2.19. The number of carbonyl (C=O) groups excluding carboxylic acids is 1. The number of rotatable bonds is 4. The van der Waals surface area contributed by atoms with Gasteiger partial charge in [-0.05, 0) is 24.3 Å². The highest BCUT2D eigenvalue weighted by Gasteiger charge is 2.14. The first-order valence-corrected chi connectivity index (χ1v) is 6.29. The van der Waals surface area contributed by atoms with Gasteiger partial charge in [-0.1, -0.05) is 6.07 Å². The van der Waals surface area contributed by atoms with Gasteiger partial charge in [0.25, 0.3) is 0 Å². The molecule has 0 aromatic heterocycles. The summed E-state index contributed by atoms with van der Waals surface area (Å²) in [5, 5.41) is 4.80. The first-order valence-electron chi connectivity index (χ1n) is 6.29. The molecule has 2 rings (SSSR count). The van der Waals surface area contributed by atoms with Gasteiger partial charge in [0.1, 0.15) is 28.8 Å². The van der Waals surface area contributed by atoms with Crippen molar-refractivity contribution < 1.29 is 23.0 Å². The number of ether oxygens (including phenoxy) is 2. The molecule has 22 heavy (non-hydrogen) atoms. The van der Waals surface area contributed by atoms with Crippen molar-refractivity contribution in [3.63, 3.8) is 0 Å². The van der Waals surface area contributed by atoms with E-state index in [-0.39, 0.29) is 5.69 Å². The van der Waals surface area contributed by atoms with Crippen LogP contribution in [0.1, 0.15) is 0 Å². The summed E-state index contributed by atoms with van der Waals surface area (Å²) in [4.78, 5) is 12.0. The Kier molecular flexibility index (Phi) is 4.77. The Bertz CT molecular complexity index is 670. The number of urea groups is 1. The predicted molar refractivity (Wildman–Crippen MR) is 78.5 cm³/mol.